The Morgan fingerprint density at radius 3 is 2.83 bits per heavy atom. The zero-order chi connectivity index (χ0) is 16.2. The molecule has 0 atom stereocenters. The van der Waals surface area contributed by atoms with Gasteiger partial charge in [0.25, 0.3) is 0 Å². The summed E-state index contributed by atoms with van der Waals surface area (Å²) in [5, 5.41) is 6.69. The molecule has 118 valence electrons. The van der Waals surface area contributed by atoms with Crippen LogP contribution in [0.25, 0.3) is 0 Å². The predicted molar refractivity (Wildman–Crippen MR) is 92.1 cm³/mol. The van der Waals surface area contributed by atoms with Gasteiger partial charge < -0.3 is 20.1 Å². The number of ether oxygens (including phenoxy) is 2. The first-order valence-electron chi connectivity index (χ1n) is 7.16. The Bertz CT molecular complexity index is 761. The van der Waals surface area contributed by atoms with Gasteiger partial charge in [-0.2, -0.15) is 0 Å². The van der Waals surface area contributed by atoms with Crippen LogP contribution in [-0.4, -0.2) is 17.7 Å². The molecule has 3 rings (SSSR count). The number of hydrogen-bond donors (Lipinski definition) is 2. The molecule has 0 aliphatic carbocycles. The molecule has 0 unspecified atom stereocenters. The third-order valence-electron chi connectivity index (χ3n) is 3.42. The van der Waals surface area contributed by atoms with Gasteiger partial charge in [-0.3, -0.25) is 4.79 Å². The summed E-state index contributed by atoms with van der Waals surface area (Å²) in [7, 11) is 0. The quantitative estimate of drug-likeness (QED) is 0.664. The molecule has 0 radical (unpaired) electrons. The summed E-state index contributed by atoms with van der Waals surface area (Å²) in [6.45, 7) is 2.36. The highest BCUT2D eigenvalue weighted by molar-refractivity contribution is 7.80. The molecule has 5 nitrogen and oxygen atoms in total. The number of fused-ring (bicyclic) bond motifs is 1. The standard InChI is InChI=1S/C17H16N2O3S/c1-11(20)13-3-2-4-14(8-13)19-17(23)18-9-12-5-6-15-16(7-12)22-10-21-15/h2-8H,9-10H2,1H3,(H2,18,19,23). The van der Waals surface area contributed by atoms with Gasteiger partial charge in [0.1, 0.15) is 0 Å². The number of hydrogen-bond acceptors (Lipinski definition) is 4. The highest BCUT2D eigenvalue weighted by atomic mass is 32.1. The van der Waals surface area contributed by atoms with Crippen molar-refractivity contribution in [2.45, 2.75) is 13.5 Å². The molecule has 0 aromatic heterocycles. The smallest absolute Gasteiger partial charge is 0.231 e. The summed E-state index contributed by atoms with van der Waals surface area (Å²) in [5.41, 5.74) is 2.46. The summed E-state index contributed by atoms with van der Waals surface area (Å²) in [5.74, 6) is 1.53. The molecule has 2 aromatic carbocycles. The van der Waals surface area contributed by atoms with Crippen LogP contribution in [0.1, 0.15) is 22.8 Å². The average Bonchev–Trinajstić information content (AvgIpc) is 3.01. The monoisotopic (exact) mass is 328 g/mol. The SMILES string of the molecule is CC(=O)c1cccc(NC(=S)NCc2ccc3c(c2)OCO3)c1. The van der Waals surface area contributed by atoms with Gasteiger partial charge >= 0.3 is 0 Å². The number of nitrogens with one attached hydrogen (secondary N) is 2. The maximum atomic E-state index is 11.4. The summed E-state index contributed by atoms with van der Waals surface area (Å²) in [6.07, 6.45) is 0. The van der Waals surface area contributed by atoms with Crippen LogP contribution in [0.15, 0.2) is 42.5 Å². The van der Waals surface area contributed by atoms with E-state index >= 15 is 0 Å². The van der Waals surface area contributed by atoms with E-state index in [-0.39, 0.29) is 12.6 Å². The van der Waals surface area contributed by atoms with E-state index in [2.05, 4.69) is 10.6 Å². The molecule has 23 heavy (non-hydrogen) atoms. The van der Waals surface area contributed by atoms with Gasteiger partial charge in [0.2, 0.25) is 6.79 Å². The van der Waals surface area contributed by atoms with E-state index in [1.807, 2.05) is 30.3 Å². The number of carbonyl (C=O) groups is 1. The van der Waals surface area contributed by atoms with Gasteiger partial charge in [0.05, 0.1) is 0 Å². The molecule has 1 aliphatic heterocycles. The molecule has 0 saturated heterocycles. The Morgan fingerprint density at radius 1 is 1.17 bits per heavy atom. The number of ketones is 1. The van der Waals surface area contributed by atoms with Crippen LogP contribution in [0.2, 0.25) is 0 Å². The van der Waals surface area contributed by atoms with Gasteiger partial charge in [-0.25, -0.2) is 0 Å². The first-order chi connectivity index (χ1) is 11.1. The Balaban J connectivity index is 1.57. The number of anilines is 1. The molecule has 0 fully saturated rings. The van der Waals surface area contributed by atoms with E-state index in [1.54, 1.807) is 12.1 Å². The predicted octanol–water partition coefficient (Wildman–Crippen LogP) is 3.10. The van der Waals surface area contributed by atoms with E-state index in [4.69, 9.17) is 21.7 Å². The van der Waals surface area contributed by atoms with Crippen LogP contribution in [0.4, 0.5) is 5.69 Å². The van der Waals surface area contributed by atoms with Gasteiger partial charge in [-0.05, 0) is 49.0 Å². The minimum Gasteiger partial charge on any atom is -0.454 e. The third kappa shape index (κ3) is 3.78. The fourth-order valence-corrected chi connectivity index (χ4v) is 2.41. The van der Waals surface area contributed by atoms with Crippen molar-refractivity contribution in [1.29, 1.82) is 0 Å². The van der Waals surface area contributed by atoms with Crippen molar-refractivity contribution in [2.75, 3.05) is 12.1 Å². The molecule has 1 aliphatic rings. The minimum absolute atomic E-state index is 0.0212. The molecule has 0 amide bonds. The van der Waals surface area contributed by atoms with Crippen LogP contribution < -0.4 is 20.1 Å². The molecule has 0 bridgehead atoms. The average molecular weight is 328 g/mol. The third-order valence-corrected chi connectivity index (χ3v) is 3.66. The van der Waals surface area contributed by atoms with Gasteiger partial charge in [0, 0.05) is 17.8 Å². The van der Waals surface area contributed by atoms with Crippen LogP contribution in [0, 0.1) is 0 Å². The maximum Gasteiger partial charge on any atom is 0.231 e. The summed E-state index contributed by atoms with van der Waals surface area (Å²) in [4.78, 5) is 11.4. The molecule has 2 aromatic rings. The Labute approximate surface area is 139 Å². The van der Waals surface area contributed by atoms with E-state index in [9.17, 15) is 4.79 Å². The van der Waals surface area contributed by atoms with Crippen LogP contribution in [0.3, 0.4) is 0 Å². The molecule has 1 heterocycles. The Kier molecular flexibility index (Phi) is 4.43. The van der Waals surface area contributed by atoms with Gasteiger partial charge in [0.15, 0.2) is 22.4 Å². The Hall–Kier alpha value is -2.60. The molecular formula is C17H16N2O3S. The highest BCUT2D eigenvalue weighted by Crippen LogP contribution is 2.32. The second-order valence-electron chi connectivity index (χ2n) is 5.13. The molecule has 0 saturated carbocycles. The number of rotatable bonds is 4. The van der Waals surface area contributed by atoms with E-state index in [0.717, 1.165) is 22.7 Å². The normalized spacial score (nSPS) is 11.9. The van der Waals surface area contributed by atoms with Crippen molar-refractivity contribution >= 4 is 28.8 Å². The first kappa shape index (κ1) is 15.3. The lowest BCUT2D eigenvalue weighted by Gasteiger charge is -2.11. The molecule has 2 N–H and O–H groups in total. The number of thiocarbonyl (C=S) groups is 1. The second kappa shape index (κ2) is 6.66. The minimum atomic E-state index is 0.0212. The first-order valence-corrected chi connectivity index (χ1v) is 7.57. The number of carbonyl (C=O) groups excluding carboxylic acids is 1. The van der Waals surface area contributed by atoms with Crippen molar-refractivity contribution in [3.63, 3.8) is 0 Å². The highest BCUT2D eigenvalue weighted by Gasteiger charge is 2.13. The van der Waals surface area contributed by atoms with E-state index in [1.165, 1.54) is 6.92 Å². The molecular weight excluding hydrogens is 312 g/mol. The summed E-state index contributed by atoms with van der Waals surface area (Å²) in [6, 6.07) is 13.0. The van der Waals surface area contributed by atoms with Crippen molar-refractivity contribution < 1.29 is 14.3 Å². The van der Waals surface area contributed by atoms with E-state index < -0.39 is 0 Å². The van der Waals surface area contributed by atoms with E-state index in [0.29, 0.717) is 17.2 Å². The van der Waals surface area contributed by atoms with Crippen molar-refractivity contribution in [2.24, 2.45) is 0 Å². The van der Waals surface area contributed by atoms with Gasteiger partial charge in [-0.15, -0.1) is 0 Å². The zero-order valence-electron chi connectivity index (χ0n) is 12.6. The zero-order valence-corrected chi connectivity index (χ0v) is 13.4. The van der Waals surface area contributed by atoms with Crippen molar-refractivity contribution in [3.8, 4) is 11.5 Å². The molecule has 6 heteroatoms. The number of benzene rings is 2. The fraction of sp³-hybridized carbons (Fsp3) is 0.176. The second-order valence-corrected chi connectivity index (χ2v) is 5.54. The van der Waals surface area contributed by atoms with Gasteiger partial charge in [-0.1, -0.05) is 18.2 Å². The van der Waals surface area contributed by atoms with Crippen LogP contribution in [-0.2, 0) is 6.54 Å². The summed E-state index contributed by atoms with van der Waals surface area (Å²) >= 11 is 5.28. The lowest BCUT2D eigenvalue weighted by molar-refractivity contribution is 0.101. The molecule has 0 spiro atoms. The van der Waals surface area contributed by atoms with Crippen LogP contribution in [0.5, 0.6) is 11.5 Å². The Morgan fingerprint density at radius 2 is 2.00 bits per heavy atom. The topological polar surface area (TPSA) is 59.6 Å². The van der Waals surface area contributed by atoms with Crippen molar-refractivity contribution in [3.05, 3.63) is 53.6 Å². The maximum absolute atomic E-state index is 11.4. The largest absolute Gasteiger partial charge is 0.454 e. The lowest BCUT2D eigenvalue weighted by atomic mass is 10.1. The van der Waals surface area contributed by atoms with Crippen molar-refractivity contribution in [1.82, 2.24) is 5.32 Å². The van der Waals surface area contributed by atoms with Crippen LogP contribution >= 0.6 is 12.2 Å². The number of Topliss-reactive ketones (excluding diaryl/α,β-unsaturated/α-hetero) is 1. The summed E-state index contributed by atoms with van der Waals surface area (Å²) < 4.78 is 10.6. The fourth-order valence-electron chi connectivity index (χ4n) is 2.22. The lowest BCUT2D eigenvalue weighted by Crippen LogP contribution is -2.27.